The zero-order valence-electron chi connectivity index (χ0n) is 10.9. The number of hydrogen-bond acceptors (Lipinski definition) is 5. The molecule has 0 unspecified atom stereocenters. The molecule has 5 nitrogen and oxygen atoms in total. The van der Waals surface area contributed by atoms with Crippen LogP contribution in [0.1, 0.15) is 49.2 Å². The molecule has 2 aliphatic carbocycles. The fourth-order valence-corrected chi connectivity index (χ4v) is 3.27. The molecule has 2 saturated carbocycles. The minimum absolute atomic E-state index is 0.454. The fraction of sp³-hybridized carbons (Fsp3) is 0.429. The van der Waals surface area contributed by atoms with Gasteiger partial charge in [0.05, 0.1) is 4.90 Å². The SMILES string of the molecule is N#Cc1ncccc1Sc1nnc(C2CC2)n1C1CC1. The zero-order valence-corrected chi connectivity index (χ0v) is 11.7. The molecule has 0 N–H and O–H groups in total. The second kappa shape index (κ2) is 4.60. The third kappa shape index (κ3) is 2.08. The van der Waals surface area contributed by atoms with Crippen LogP contribution in [0.2, 0.25) is 0 Å². The Kier molecular flexibility index (Phi) is 2.74. The largest absolute Gasteiger partial charge is 0.302 e. The van der Waals surface area contributed by atoms with Gasteiger partial charge < -0.3 is 4.57 Å². The average molecular weight is 283 g/mol. The Morgan fingerprint density at radius 2 is 2.10 bits per heavy atom. The van der Waals surface area contributed by atoms with Crippen molar-refractivity contribution in [2.24, 2.45) is 0 Å². The second-order valence-electron chi connectivity index (χ2n) is 5.28. The van der Waals surface area contributed by atoms with E-state index in [9.17, 15) is 0 Å². The summed E-state index contributed by atoms with van der Waals surface area (Å²) in [6, 6.07) is 6.46. The Hall–Kier alpha value is -1.87. The molecule has 0 aliphatic heterocycles. The lowest BCUT2D eigenvalue weighted by atomic mass is 10.4. The van der Waals surface area contributed by atoms with Crippen LogP contribution in [0, 0.1) is 11.3 Å². The molecule has 0 saturated heterocycles. The number of nitrogens with zero attached hydrogens (tertiary/aromatic N) is 5. The summed E-state index contributed by atoms with van der Waals surface area (Å²) < 4.78 is 2.29. The van der Waals surface area contributed by atoms with E-state index in [1.165, 1.54) is 37.4 Å². The normalized spacial score (nSPS) is 17.9. The molecule has 0 bridgehead atoms. The van der Waals surface area contributed by atoms with Crippen LogP contribution in [0.3, 0.4) is 0 Å². The van der Waals surface area contributed by atoms with E-state index in [4.69, 9.17) is 5.26 Å². The summed E-state index contributed by atoms with van der Waals surface area (Å²) in [4.78, 5) is 4.95. The van der Waals surface area contributed by atoms with Crippen molar-refractivity contribution in [1.29, 1.82) is 5.26 Å². The molecule has 100 valence electrons. The molecule has 0 aromatic carbocycles. The topological polar surface area (TPSA) is 67.4 Å². The van der Waals surface area contributed by atoms with E-state index in [0.717, 1.165) is 15.9 Å². The van der Waals surface area contributed by atoms with Gasteiger partial charge in [0, 0.05) is 18.2 Å². The van der Waals surface area contributed by atoms with Gasteiger partial charge in [-0.2, -0.15) is 5.26 Å². The van der Waals surface area contributed by atoms with Crippen molar-refractivity contribution in [2.45, 2.75) is 47.7 Å². The lowest BCUT2D eigenvalue weighted by molar-refractivity contribution is 0.627. The van der Waals surface area contributed by atoms with Crippen LogP contribution in [-0.2, 0) is 0 Å². The minimum Gasteiger partial charge on any atom is -0.302 e. The van der Waals surface area contributed by atoms with Gasteiger partial charge in [0.15, 0.2) is 10.9 Å². The van der Waals surface area contributed by atoms with Gasteiger partial charge in [0.1, 0.15) is 11.9 Å². The van der Waals surface area contributed by atoms with Gasteiger partial charge in [-0.1, -0.05) is 0 Å². The predicted octanol–water partition coefficient (Wildman–Crippen LogP) is 2.91. The van der Waals surface area contributed by atoms with Crippen molar-refractivity contribution in [2.75, 3.05) is 0 Å². The maximum absolute atomic E-state index is 9.12. The van der Waals surface area contributed by atoms with E-state index in [1.807, 2.05) is 12.1 Å². The van der Waals surface area contributed by atoms with Gasteiger partial charge in [0.2, 0.25) is 0 Å². The smallest absolute Gasteiger partial charge is 0.196 e. The second-order valence-corrected chi connectivity index (χ2v) is 6.29. The molecule has 0 radical (unpaired) electrons. The first-order valence-corrected chi connectivity index (χ1v) is 7.66. The predicted molar refractivity (Wildman–Crippen MR) is 73.3 cm³/mol. The van der Waals surface area contributed by atoms with Gasteiger partial charge in [-0.3, -0.25) is 0 Å². The van der Waals surface area contributed by atoms with Crippen molar-refractivity contribution in [1.82, 2.24) is 19.7 Å². The molecular weight excluding hydrogens is 270 g/mol. The molecule has 2 aromatic heterocycles. The van der Waals surface area contributed by atoms with Crippen LogP contribution in [0.25, 0.3) is 0 Å². The highest BCUT2D eigenvalue weighted by molar-refractivity contribution is 7.99. The minimum atomic E-state index is 0.454. The zero-order chi connectivity index (χ0) is 13.5. The summed E-state index contributed by atoms with van der Waals surface area (Å²) in [6.07, 6.45) is 6.52. The van der Waals surface area contributed by atoms with Crippen LogP contribution >= 0.6 is 11.8 Å². The Bertz CT molecular complexity index is 694. The molecule has 2 aromatic rings. The number of aromatic nitrogens is 4. The first-order chi connectivity index (χ1) is 9.86. The summed E-state index contributed by atoms with van der Waals surface area (Å²) in [6.45, 7) is 0. The van der Waals surface area contributed by atoms with E-state index in [0.29, 0.717) is 17.7 Å². The Morgan fingerprint density at radius 3 is 2.80 bits per heavy atom. The first-order valence-electron chi connectivity index (χ1n) is 6.84. The summed E-state index contributed by atoms with van der Waals surface area (Å²) in [5.74, 6) is 1.74. The van der Waals surface area contributed by atoms with Crippen LogP contribution in [0.5, 0.6) is 0 Å². The van der Waals surface area contributed by atoms with E-state index >= 15 is 0 Å². The van der Waals surface area contributed by atoms with Crippen LogP contribution in [-0.4, -0.2) is 19.7 Å². The molecule has 4 rings (SSSR count). The Morgan fingerprint density at radius 1 is 1.25 bits per heavy atom. The highest BCUT2D eigenvalue weighted by Gasteiger charge is 2.36. The number of pyridine rings is 1. The monoisotopic (exact) mass is 283 g/mol. The highest BCUT2D eigenvalue weighted by atomic mass is 32.2. The maximum Gasteiger partial charge on any atom is 0.196 e. The van der Waals surface area contributed by atoms with Crippen molar-refractivity contribution >= 4 is 11.8 Å². The molecule has 0 amide bonds. The molecule has 2 fully saturated rings. The standard InChI is InChI=1S/C14H13N5S/c15-8-11-12(2-1-7-16-11)20-14-18-17-13(9-3-4-9)19(14)10-5-6-10/h1-2,7,9-10H,3-6H2. The van der Waals surface area contributed by atoms with E-state index in [-0.39, 0.29) is 0 Å². The van der Waals surface area contributed by atoms with Crippen molar-refractivity contribution in [3.8, 4) is 6.07 Å². The molecule has 2 aliphatic rings. The summed E-state index contributed by atoms with van der Waals surface area (Å²) in [5, 5.41) is 18.8. The quantitative estimate of drug-likeness (QED) is 0.863. The number of hydrogen-bond donors (Lipinski definition) is 0. The molecule has 2 heterocycles. The van der Waals surface area contributed by atoms with Gasteiger partial charge in [0.25, 0.3) is 0 Å². The van der Waals surface area contributed by atoms with E-state index in [2.05, 4.69) is 25.8 Å². The first kappa shape index (κ1) is 11.9. The van der Waals surface area contributed by atoms with Crippen LogP contribution in [0.15, 0.2) is 28.4 Å². The van der Waals surface area contributed by atoms with Gasteiger partial charge >= 0.3 is 0 Å². The van der Waals surface area contributed by atoms with Crippen LogP contribution < -0.4 is 0 Å². The van der Waals surface area contributed by atoms with E-state index in [1.54, 1.807) is 6.20 Å². The summed E-state index contributed by atoms with van der Waals surface area (Å²) in [7, 11) is 0. The molecule has 0 spiro atoms. The third-order valence-corrected chi connectivity index (χ3v) is 4.63. The molecule has 6 heteroatoms. The summed E-state index contributed by atoms with van der Waals surface area (Å²) in [5.41, 5.74) is 0.454. The van der Waals surface area contributed by atoms with Crippen LogP contribution in [0.4, 0.5) is 0 Å². The molecule has 0 atom stereocenters. The van der Waals surface area contributed by atoms with Crippen molar-refractivity contribution in [3.63, 3.8) is 0 Å². The highest BCUT2D eigenvalue weighted by Crippen LogP contribution is 2.46. The van der Waals surface area contributed by atoms with Gasteiger partial charge in [-0.15, -0.1) is 10.2 Å². The Labute approximate surface area is 121 Å². The van der Waals surface area contributed by atoms with Crippen molar-refractivity contribution < 1.29 is 0 Å². The summed E-state index contributed by atoms with van der Waals surface area (Å²) >= 11 is 1.50. The number of nitriles is 1. The third-order valence-electron chi connectivity index (χ3n) is 3.62. The number of rotatable bonds is 4. The fourth-order valence-electron chi connectivity index (χ4n) is 2.31. The average Bonchev–Trinajstić information content (AvgIpc) is 3.39. The maximum atomic E-state index is 9.12. The lowest BCUT2D eigenvalue weighted by Crippen LogP contribution is -2.02. The van der Waals surface area contributed by atoms with Gasteiger partial charge in [-0.25, -0.2) is 4.98 Å². The lowest BCUT2D eigenvalue weighted by Gasteiger charge is -2.08. The van der Waals surface area contributed by atoms with Crippen molar-refractivity contribution in [3.05, 3.63) is 29.8 Å². The van der Waals surface area contributed by atoms with Gasteiger partial charge in [-0.05, 0) is 49.6 Å². The molecule has 20 heavy (non-hydrogen) atoms. The molecular formula is C14H13N5S. The van der Waals surface area contributed by atoms with E-state index < -0.39 is 0 Å². The Balaban J connectivity index is 1.70.